The maximum atomic E-state index is 6.04. The number of ether oxygens (including phenoxy) is 1. The number of thiazole rings is 1. The highest BCUT2D eigenvalue weighted by atomic mass is 35.5. The maximum Gasteiger partial charge on any atom is 0.140 e. The summed E-state index contributed by atoms with van der Waals surface area (Å²) in [5.74, 6) is 0.729. The van der Waals surface area contributed by atoms with Crippen LogP contribution in [0.25, 0.3) is 0 Å². The van der Waals surface area contributed by atoms with E-state index in [1.165, 1.54) is 0 Å². The predicted molar refractivity (Wildman–Crippen MR) is 70.5 cm³/mol. The first-order chi connectivity index (χ1) is 8.20. The average Bonchev–Trinajstić information content (AvgIpc) is 2.72. The molecule has 0 fully saturated rings. The lowest BCUT2D eigenvalue weighted by atomic mass is 10.2. The third-order valence-electron chi connectivity index (χ3n) is 2.30. The molecule has 0 saturated heterocycles. The van der Waals surface area contributed by atoms with Crippen LogP contribution in [0.4, 0.5) is 0 Å². The van der Waals surface area contributed by atoms with Gasteiger partial charge in [0.05, 0.1) is 0 Å². The van der Waals surface area contributed by atoms with E-state index in [0.29, 0.717) is 18.2 Å². The summed E-state index contributed by atoms with van der Waals surface area (Å²) in [5.41, 5.74) is 7.50. The molecular formula is C12H13ClN2OS. The highest BCUT2D eigenvalue weighted by Gasteiger charge is 2.07. The van der Waals surface area contributed by atoms with Crippen molar-refractivity contribution in [3.05, 3.63) is 44.9 Å². The van der Waals surface area contributed by atoms with Crippen LogP contribution in [0, 0.1) is 6.92 Å². The smallest absolute Gasteiger partial charge is 0.140 e. The van der Waals surface area contributed by atoms with Crippen LogP contribution in [0.3, 0.4) is 0 Å². The number of aromatic nitrogens is 1. The Morgan fingerprint density at radius 3 is 2.94 bits per heavy atom. The molecule has 2 aromatic rings. The topological polar surface area (TPSA) is 48.1 Å². The number of rotatable bonds is 4. The van der Waals surface area contributed by atoms with Crippen molar-refractivity contribution >= 4 is 22.9 Å². The molecule has 0 radical (unpaired) electrons. The Morgan fingerprint density at radius 1 is 1.47 bits per heavy atom. The van der Waals surface area contributed by atoms with Crippen LogP contribution in [-0.2, 0) is 13.2 Å². The van der Waals surface area contributed by atoms with E-state index < -0.39 is 0 Å². The van der Waals surface area contributed by atoms with Crippen LogP contribution >= 0.6 is 22.9 Å². The molecule has 0 unspecified atom stereocenters. The van der Waals surface area contributed by atoms with E-state index in [0.717, 1.165) is 22.0 Å². The van der Waals surface area contributed by atoms with Gasteiger partial charge < -0.3 is 10.5 Å². The predicted octanol–water partition coefficient (Wildman–Crippen LogP) is 3.14. The van der Waals surface area contributed by atoms with Gasteiger partial charge in [-0.25, -0.2) is 4.98 Å². The summed E-state index contributed by atoms with van der Waals surface area (Å²) in [6, 6.07) is 5.53. The van der Waals surface area contributed by atoms with E-state index in [9.17, 15) is 0 Å². The molecule has 0 saturated carbocycles. The average molecular weight is 269 g/mol. The van der Waals surface area contributed by atoms with Crippen molar-refractivity contribution < 1.29 is 4.74 Å². The van der Waals surface area contributed by atoms with Gasteiger partial charge in [0.1, 0.15) is 17.4 Å². The Kier molecular flexibility index (Phi) is 3.99. The summed E-state index contributed by atoms with van der Waals surface area (Å²) in [6.07, 6.45) is 0. The molecule has 0 aliphatic heterocycles. The van der Waals surface area contributed by atoms with E-state index in [4.69, 9.17) is 22.1 Å². The molecule has 17 heavy (non-hydrogen) atoms. The number of nitrogens with two attached hydrogens (primary N) is 1. The zero-order valence-corrected chi connectivity index (χ0v) is 11.0. The SMILES string of the molecule is Cc1csc(COc2cccc(Cl)c2CN)n1. The summed E-state index contributed by atoms with van der Waals surface area (Å²) in [6.45, 7) is 2.78. The van der Waals surface area contributed by atoms with Crippen molar-refractivity contribution in [3.63, 3.8) is 0 Å². The molecule has 0 spiro atoms. The van der Waals surface area contributed by atoms with Gasteiger partial charge in [-0.05, 0) is 19.1 Å². The fraction of sp³-hybridized carbons (Fsp3) is 0.250. The van der Waals surface area contributed by atoms with Crippen molar-refractivity contribution in [2.24, 2.45) is 5.73 Å². The minimum Gasteiger partial charge on any atom is -0.486 e. The van der Waals surface area contributed by atoms with Crippen molar-refractivity contribution in [1.29, 1.82) is 0 Å². The summed E-state index contributed by atoms with van der Waals surface area (Å²) in [4.78, 5) is 4.33. The number of hydrogen-bond acceptors (Lipinski definition) is 4. The fourth-order valence-electron chi connectivity index (χ4n) is 1.48. The molecular weight excluding hydrogens is 256 g/mol. The van der Waals surface area contributed by atoms with Crippen molar-refractivity contribution in [1.82, 2.24) is 4.98 Å². The van der Waals surface area contributed by atoms with Crippen LogP contribution in [0.5, 0.6) is 5.75 Å². The van der Waals surface area contributed by atoms with Crippen molar-refractivity contribution in [2.45, 2.75) is 20.1 Å². The van der Waals surface area contributed by atoms with E-state index in [2.05, 4.69) is 4.98 Å². The molecule has 1 aromatic heterocycles. The quantitative estimate of drug-likeness (QED) is 0.927. The zero-order valence-electron chi connectivity index (χ0n) is 9.44. The normalized spacial score (nSPS) is 10.5. The number of benzene rings is 1. The third kappa shape index (κ3) is 2.97. The standard InChI is InChI=1S/C12H13ClN2OS/c1-8-7-17-12(15-8)6-16-11-4-2-3-10(13)9(11)5-14/h2-4,7H,5-6,14H2,1H3. The largest absolute Gasteiger partial charge is 0.486 e. The van der Waals surface area contributed by atoms with Crippen molar-refractivity contribution in [2.75, 3.05) is 0 Å². The summed E-state index contributed by atoms with van der Waals surface area (Å²) in [7, 11) is 0. The van der Waals surface area contributed by atoms with Crippen LogP contribution < -0.4 is 10.5 Å². The second-order valence-electron chi connectivity index (χ2n) is 3.59. The van der Waals surface area contributed by atoms with Gasteiger partial charge in [-0.3, -0.25) is 0 Å². The third-order valence-corrected chi connectivity index (χ3v) is 3.59. The lowest BCUT2D eigenvalue weighted by molar-refractivity contribution is 0.302. The molecule has 1 heterocycles. The molecule has 2 N–H and O–H groups in total. The minimum atomic E-state index is 0.367. The molecule has 0 aliphatic rings. The first-order valence-corrected chi connectivity index (χ1v) is 6.47. The van der Waals surface area contributed by atoms with Crippen LogP contribution in [0.2, 0.25) is 5.02 Å². The highest BCUT2D eigenvalue weighted by molar-refractivity contribution is 7.09. The first kappa shape index (κ1) is 12.4. The monoisotopic (exact) mass is 268 g/mol. The van der Waals surface area contributed by atoms with Crippen LogP contribution in [0.15, 0.2) is 23.6 Å². The van der Waals surface area contributed by atoms with Gasteiger partial charge in [-0.1, -0.05) is 17.7 Å². The molecule has 1 aromatic carbocycles. The molecule has 5 heteroatoms. The second-order valence-corrected chi connectivity index (χ2v) is 4.94. The number of aryl methyl sites for hydroxylation is 1. The van der Waals surface area contributed by atoms with Crippen LogP contribution in [0.1, 0.15) is 16.3 Å². The van der Waals surface area contributed by atoms with Crippen LogP contribution in [-0.4, -0.2) is 4.98 Å². The highest BCUT2D eigenvalue weighted by Crippen LogP contribution is 2.26. The van der Waals surface area contributed by atoms with Gasteiger partial charge in [0.2, 0.25) is 0 Å². The molecule has 0 amide bonds. The number of hydrogen-bond donors (Lipinski definition) is 1. The Morgan fingerprint density at radius 2 is 2.29 bits per heavy atom. The van der Waals surface area contributed by atoms with Gasteiger partial charge in [0.15, 0.2) is 0 Å². The van der Waals surface area contributed by atoms with Gasteiger partial charge in [-0.2, -0.15) is 0 Å². The molecule has 0 bridgehead atoms. The lowest BCUT2D eigenvalue weighted by Crippen LogP contribution is -2.03. The molecule has 2 rings (SSSR count). The van der Waals surface area contributed by atoms with Crippen molar-refractivity contribution in [3.8, 4) is 5.75 Å². The number of halogens is 1. The minimum absolute atomic E-state index is 0.367. The van der Waals surface area contributed by atoms with Gasteiger partial charge >= 0.3 is 0 Å². The molecule has 0 atom stereocenters. The fourth-order valence-corrected chi connectivity index (χ4v) is 2.41. The molecule has 90 valence electrons. The van der Waals surface area contributed by atoms with Gasteiger partial charge in [0.25, 0.3) is 0 Å². The summed E-state index contributed by atoms with van der Waals surface area (Å²) >= 11 is 7.63. The lowest BCUT2D eigenvalue weighted by Gasteiger charge is -2.10. The summed E-state index contributed by atoms with van der Waals surface area (Å²) < 4.78 is 5.69. The molecule has 3 nitrogen and oxygen atoms in total. The zero-order chi connectivity index (χ0) is 12.3. The van der Waals surface area contributed by atoms with E-state index >= 15 is 0 Å². The second kappa shape index (κ2) is 5.49. The maximum absolute atomic E-state index is 6.04. The Balaban J connectivity index is 2.11. The van der Waals surface area contributed by atoms with E-state index in [1.54, 1.807) is 11.3 Å². The Bertz CT molecular complexity index is 513. The summed E-state index contributed by atoms with van der Waals surface area (Å²) in [5, 5.41) is 3.59. The van der Waals surface area contributed by atoms with E-state index in [1.807, 2.05) is 30.5 Å². The van der Waals surface area contributed by atoms with Gasteiger partial charge in [-0.15, -0.1) is 11.3 Å². The number of nitrogens with zero attached hydrogens (tertiary/aromatic N) is 1. The van der Waals surface area contributed by atoms with E-state index in [-0.39, 0.29) is 0 Å². The van der Waals surface area contributed by atoms with Gasteiger partial charge in [0, 0.05) is 28.2 Å². The Hall–Kier alpha value is -1.10. The molecule has 0 aliphatic carbocycles. The Labute approximate surface area is 109 Å². The first-order valence-electron chi connectivity index (χ1n) is 5.22.